The lowest BCUT2D eigenvalue weighted by Crippen LogP contribution is -2.49. The van der Waals surface area contributed by atoms with Crippen LogP contribution in [0.1, 0.15) is 67.9 Å². The van der Waals surface area contributed by atoms with Crippen LogP contribution in [0.25, 0.3) is 11.4 Å². The summed E-state index contributed by atoms with van der Waals surface area (Å²) in [6, 6.07) is 21.7. The summed E-state index contributed by atoms with van der Waals surface area (Å²) >= 11 is 15.4. The highest BCUT2D eigenvalue weighted by molar-refractivity contribution is 9.10. The van der Waals surface area contributed by atoms with Crippen molar-refractivity contribution in [2.24, 2.45) is 10.8 Å². The van der Waals surface area contributed by atoms with Gasteiger partial charge in [-0.1, -0.05) is 61.3 Å². The van der Waals surface area contributed by atoms with Crippen molar-refractivity contribution < 1.29 is 41.0 Å². The molecule has 0 unspecified atom stereocenters. The number of aromatic nitrogens is 4. The van der Waals surface area contributed by atoms with Crippen molar-refractivity contribution in [2.75, 3.05) is 75.4 Å². The van der Waals surface area contributed by atoms with Gasteiger partial charge in [0.05, 0.1) is 68.4 Å². The molecule has 6 aromatic rings. The standard InChI is InChI=1S/C28H30ClN5O7S.C26H27BrClN5O6S/c1-19(35)23-7-6-20(14-24(23)34(37)38)17-42(39,40)32-12-10-31(11-13-32)25-16-30-33(22-5-3-4-21(29)15-22)27(36)26(25)41-18-28(2)8-9-28;1-26(7-8-26)17-39-24-23(15-29-32(25(24)34)20-4-2-3-19(28)14-20)30-9-11-31(12-10-30)40(37,38)16-18-5-6-21(27)22(13-18)33(35)36/h3-7,14-16H,8-13,17-18H2,1-2H3;2-6,13-15H,7-12,16-17H2,1H3. The summed E-state index contributed by atoms with van der Waals surface area (Å²) in [7, 11) is -7.57. The van der Waals surface area contributed by atoms with Crippen molar-refractivity contribution in [1.29, 1.82) is 0 Å². The van der Waals surface area contributed by atoms with Crippen LogP contribution in [-0.4, -0.2) is 126 Å². The highest BCUT2D eigenvalue weighted by atomic mass is 79.9. The summed E-state index contributed by atoms with van der Waals surface area (Å²) in [6.07, 6.45) is 7.17. The maximum atomic E-state index is 13.6. The Kier molecular flexibility index (Phi) is 17.6. The van der Waals surface area contributed by atoms with E-state index < -0.39 is 58.2 Å². The van der Waals surface area contributed by atoms with Crippen LogP contribution in [0.5, 0.6) is 11.5 Å². The number of carbonyl (C=O) groups is 1. The molecule has 0 radical (unpaired) electrons. The normalized spacial score (nSPS) is 16.9. The number of ether oxygens (including phenoxy) is 2. The van der Waals surface area contributed by atoms with Gasteiger partial charge in [-0.2, -0.15) is 28.2 Å². The molecule has 2 saturated heterocycles. The number of nitrogens with zero attached hydrogens (tertiary/aromatic N) is 10. The molecule has 0 N–H and O–H groups in total. The Labute approximate surface area is 490 Å². The summed E-state index contributed by atoms with van der Waals surface area (Å²) in [5, 5.41) is 32.3. The van der Waals surface area contributed by atoms with Crippen LogP contribution < -0.4 is 30.4 Å². The van der Waals surface area contributed by atoms with Crippen molar-refractivity contribution in [3.05, 3.63) is 169 Å². The molecule has 2 aliphatic carbocycles. The summed E-state index contributed by atoms with van der Waals surface area (Å²) in [5.41, 5.74) is 1.03. The van der Waals surface area contributed by atoms with Crippen LogP contribution in [0.15, 0.2) is 111 Å². The molecule has 434 valence electrons. The minimum absolute atomic E-state index is 0.0122. The average molecular weight is 1270 g/mol. The first-order valence-electron chi connectivity index (χ1n) is 26.0. The number of hydrogen-bond donors (Lipinski definition) is 0. The van der Waals surface area contributed by atoms with Gasteiger partial charge in [-0.15, -0.1) is 0 Å². The number of piperazine rings is 2. The first-order chi connectivity index (χ1) is 38.8. The highest BCUT2D eigenvalue weighted by Gasteiger charge is 2.40. The van der Waals surface area contributed by atoms with Gasteiger partial charge < -0.3 is 19.3 Å². The average Bonchev–Trinajstić information content (AvgIpc) is 4.54. The number of rotatable bonds is 19. The molecule has 0 bridgehead atoms. The molecule has 10 rings (SSSR count). The fourth-order valence-corrected chi connectivity index (χ4v) is 13.1. The third-order valence-corrected chi connectivity index (χ3v) is 19.6. The zero-order valence-electron chi connectivity index (χ0n) is 44.8. The van der Waals surface area contributed by atoms with Gasteiger partial charge in [0.2, 0.25) is 31.5 Å². The van der Waals surface area contributed by atoms with E-state index in [0.29, 0.717) is 64.7 Å². The number of halogens is 3. The van der Waals surface area contributed by atoms with E-state index >= 15 is 0 Å². The number of benzene rings is 4. The second kappa shape index (κ2) is 24.2. The molecule has 0 atom stereocenters. The Morgan fingerprint density at radius 1 is 0.622 bits per heavy atom. The SMILES string of the molecule is CC(=O)c1ccc(CS(=O)(=O)N2CCN(c3cnn(-c4cccc(Cl)c4)c(=O)c3OCC3(C)CC3)CC2)cc1[N+](=O)[O-].CC1(COc2c(N3CCN(S(=O)(=O)Cc4ccc(Br)c([N+](=O)[O-])c4)CC3)cnn(-c3cccc(Cl)c3)c2=O)CC1. The third kappa shape index (κ3) is 14.0. The van der Waals surface area contributed by atoms with Crippen molar-refractivity contribution in [3.63, 3.8) is 0 Å². The van der Waals surface area contributed by atoms with Crippen molar-refractivity contribution in [3.8, 4) is 22.9 Å². The molecule has 2 aromatic heterocycles. The summed E-state index contributed by atoms with van der Waals surface area (Å²) in [4.78, 5) is 64.1. The van der Waals surface area contributed by atoms with E-state index in [0.717, 1.165) is 31.7 Å². The smallest absolute Gasteiger partial charge is 0.316 e. The maximum Gasteiger partial charge on any atom is 0.316 e. The molecular formula is C54H57BrCl2N10O13S2. The largest absolute Gasteiger partial charge is 0.486 e. The zero-order chi connectivity index (χ0) is 58.9. The molecule has 0 amide bonds. The van der Waals surface area contributed by atoms with E-state index in [9.17, 15) is 51.4 Å². The lowest BCUT2D eigenvalue weighted by atomic mass is 10.1. The van der Waals surface area contributed by atoms with Gasteiger partial charge in [0.25, 0.3) is 11.4 Å². The van der Waals surface area contributed by atoms with Crippen LogP contribution in [0.3, 0.4) is 0 Å². The molecule has 4 fully saturated rings. The number of Topliss-reactive ketones (excluding diaryl/α,β-unsaturated/α-hetero) is 1. The molecule has 4 heterocycles. The minimum Gasteiger partial charge on any atom is -0.486 e. The Morgan fingerprint density at radius 3 is 1.40 bits per heavy atom. The first-order valence-corrected chi connectivity index (χ1v) is 30.8. The van der Waals surface area contributed by atoms with Gasteiger partial charge in [0, 0.05) is 85.4 Å². The molecule has 23 nitrogen and oxygen atoms in total. The van der Waals surface area contributed by atoms with Crippen molar-refractivity contribution in [1.82, 2.24) is 28.2 Å². The number of hydrogen-bond acceptors (Lipinski definition) is 17. The fourth-order valence-electron chi connectivity index (χ4n) is 9.29. The molecule has 2 aliphatic heterocycles. The van der Waals surface area contributed by atoms with Gasteiger partial charge in [0.1, 0.15) is 11.4 Å². The highest BCUT2D eigenvalue weighted by Crippen LogP contribution is 2.46. The predicted molar refractivity (Wildman–Crippen MR) is 312 cm³/mol. The van der Waals surface area contributed by atoms with Crippen molar-refractivity contribution in [2.45, 2.75) is 58.0 Å². The minimum atomic E-state index is -3.83. The van der Waals surface area contributed by atoms with Crippen LogP contribution >= 0.6 is 39.1 Å². The molecule has 4 aliphatic rings. The maximum absolute atomic E-state index is 13.6. The van der Waals surface area contributed by atoms with E-state index in [1.807, 2.05) is 9.80 Å². The monoisotopic (exact) mass is 1270 g/mol. The molecular weight excluding hydrogens is 1210 g/mol. The predicted octanol–water partition coefficient (Wildman–Crippen LogP) is 8.22. The fraction of sp³-hybridized carbons (Fsp3) is 0.389. The molecule has 4 aromatic carbocycles. The Balaban J connectivity index is 0.000000198. The number of nitro groups is 2. The number of nitro benzene ring substituents is 2. The zero-order valence-corrected chi connectivity index (χ0v) is 49.5. The number of ketones is 1. The van der Waals surface area contributed by atoms with Gasteiger partial charge in [-0.05, 0) is 108 Å². The van der Waals surface area contributed by atoms with Crippen LogP contribution in [0.2, 0.25) is 10.0 Å². The van der Waals surface area contributed by atoms with Crippen molar-refractivity contribution >= 4 is 87.7 Å². The van der Waals surface area contributed by atoms with E-state index in [4.69, 9.17) is 32.7 Å². The quantitative estimate of drug-likeness (QED) is 0.0419. The lowest BCUT2D eigenvalue weighted by molar-refractivity contribution is -0.385. The van der Waals surface area contributed by atoms with Crippen LogP contribution in [-0.2, 0) is 31.6 Å². The molecule has 28 heteroatoms. The second-order valence-electron chi connectivity index (χ2n) is 21.3. The first kappa shape index (κ1) is 59.8. The Morgan fingerprint density at radius 2 is 1.02 bits per heavy atom. The third-order valence-electron chi connectivity index (χ3n) is 14.8. The van der Waals surface area contributed by atoms with Gasteiger partial charge in [0.15, 0.2) is 5.78 Å². The topological polar surface area (TPSA) is 273 Å². The Bertz CT molecular complexity index is 3830. The van der Waals surface area contributed by atoms with Gasteiger partial charge in [-0.25, -0.2) is 16.8 Å². The summed E-state index contributed by atoms with van der Waals surface area (Å²) in [6.45, 7) is 7.97. The second-order valence-corrected chi connectivity index (χ2v) is 27.0. The van der Waals surface area contributed by atoms with Crippen LogP contribution in [0.4, 0.5) is 22.7 Å². The van der Waals surface area contributed by atoms with E-state index in [1.165, 1.54) is 49.2 Å². The van der Waals surface area contributed by atoms with Crippen LogP contribution in [0, 0.1) is 31.1 Å². The number of anilines is 2. The van der Waals surface area contributed by atoms with Gasteiger partial charge >= 0.3 is 11.1 Å². The number of sulfonamides is 2. The summed E-state index contributed by atoms with van der Waals surface area (Å²) in [5.74, 6) is -0.966. The molecule has 82 heavy (non-hydrogen) atoms. The molecule has 0 spiro atoms. The van der Waals surface area contributed by atoms with E-state index in [1.54, 1.807) is 67.0 Å². The molecule has 2 saturated carbocycles. The summed E-state index contributed by atoms with van der Waals surface area (Å²) < 4.78 is 70.5. The number of carbonyl (C=O) groups excluding carboxylic acids is 1. The Hall–Kier alpha value is -6.81. The lowest BCUT2D eigenvalue weighted by Gasteiger charge is -2.35. The van der Waals surface area contributed by atoms with E-state index in [2.05, 4.69) is 40.0 Å². The van der Waals surface area contributed by atoms with Gasteiger partial charge in [-0.3, -0.25) is 34.6 Å². The van der Waals surface area contributed by atoms with E-state index in [-0.39, 0.29) is 88.6 Å².